The van der Waals surface area contributed by atoms with Crippen molar-refractivity contribution in [3.8, 4) is 0 Å². The van der Waals surface area contributed by atoms with Crippen LogP contribution in [0.5, 0.6) is 0 Å². The Labute approximate surface area is 101 Å². The number of aromatic nitrogens is 2. The summed E-state index contributed by atoms with van der Waals surface area (Å²) in [6.45, 7) is 1.61. The minimum absolute atomic E-state index is 0.228. The van der Waals surface area contributed by atoms with E-state index in [1.165, 1.54) is 7.05 Å². The summed E-state index contributed by atoms with van der Waals surface area (Å²) < 4.78 is 37.3. The second-order valence-electron chi connectivity index (χ2n) is 3.61. The van der Waals surface area contributed by atoms with Crippen molar-refractivity contribution in [3.05, 3.63) is 18.0 Å². The van der Waals surface area contributed by atoms with E-state index in [0.717, 1.165) is 17.2 Å². The molecule has 0 saturated heterocycles. The number of aliphatic carboxylic acids is 1. The normalized spacial score (nSPS) is 13.2. The maximum atomic E-state index is 12.4. The third kappa shape index (κ3) is 3.08. The summed E-state index contributed by atoms with van der Waals surface area (Å²) in [4.78, 5) is 19.0. The van der Waals surface area contributed by atoms with Crippen LogP contribution in [-0.2, 0) is 11.0 Å². The lowest BCUT2D eigenvalue weighted by atomic mass is 10.2. The number of likely N-dealkylation sites (N-methyl/N-ethyl adjacent to an activating group) is 1. The fraction of sp³-hybridized carbons (Fsp3) is 0.500. The second-order valence-corrected chi connectivity index (χ2v) is 3.61. The lowest BCUT2D eigenvalue weighted by Crippen LogP contribution is -2.39. The topological polar surface area (TPSA) is 66.3 Å². The van der Waals surface area contributed by atoms with Crippen molar-refractivity contribution in [2.24, 2.45) is 0 Å². The van der Waals surface area contributed by atoms with Crippen LogP contribution in [0.3, 0.4) is 0 Å². The average molecular weight is 263 g/mol. The monoisotopic (exact) mass is 263 g/mol. The minimum Gasteiger partial charge on any atom is -0.480 e. The highest BCUT2D eigenvalue weighted by Crippen LogP contribution is 2.28. The molecular weight excluding hydrogens is 251 g/mol. The van der Waals surface area contributed by atoms with Gasteiger partial charge in [0.1, 0.15) is 11.7 Å². The molecule has 0 spiro atoms. The molecule has 0 aliphatic heterocycles. The number of carbonyl (C=O) groups is 1. The van der Waals surface area contributed by atoms with Crippen molar-refractivity contribution in [1.29, 1.82) is 0 Å². The third-order valence-corrected chi connectivity index (χ3v) is 2.39. The summed E-state index contributed by atoms with van der Waals surface area (Å²) in [7, 11) is 1.35. The number of nitrogens with zero attached hydrogens (tertiary/aromatic N) is 3. The highest BCUT2D eigenvalue weighted by Gasteiger charge is 2.33. The number of halogens is 3. The van der Waals surface area contributed by atoms with Gasteiger partial charge in [0.2, 0.25) is 5.95 Å². The van der Waals surface area contributed by atoms with E-state index in [0.29, 0.717) is 0 Å². The molecule has 0 amide bonds. The zero-order valence-corrected chi connectivity index (χ0v) is 9.77. The fourth-order valence-electron chi connectivity index (χ4n) is 1.43. The van der Waals surface area contributed by atoms with E-state index in [1.807, 2.05) is 0 Å². The van der Waals surface area contributed by atoms with Crippen LogP contribution in [0.25, 0.3) is 0 Å². The summed E-state index contributed by atoms with van der Waals surface area (Å²) in [5.41, 5.74) is -1.10. The molecule has 0 saturated carbocycles. The number of alkyl halides is 3. The van der Waals surface area contributed by atoms with Crippen LogP contribution in [0, 0.1) is 0 Å². The molecule has 1 rings (SSSR count). The molecule has 1 aromatic heterocycles. The van der Waals surface area contributed by atoms with Crippen molar-refractivity contribution in [2.75, 3.05) is 11.9 Å². The molecule has 0 aliphatic rings. The maximum Gasteiger partial charge on any atom is 0.433 e. The number of anilines is 1. The molecule has 100 valence electrons. The Morgan fingerprint density at radius 1 is 1.56 bits per heavy atom. The Bertz CT molecular complexity index is 437. The smallest absolute Gasteiger partial charge is 0.433 e. The van der Waals surface area contributed by atoms with Gasteiger partial charge in [-0.1, -0.05) is 6.92 Å². The molecule has 5 nitrogen and oxygen atoms in total. The first-order valence-electron chi connectivity index (χ1n) is 5.13. The van der Waals surface area contributed by atoms with Crippen molar-refractivity contribution >= 4 is 11.9 Å². The first-order valence-corrected chi connectivity index (χ1v) is 5.13. The van der Waals surface area contributed by atoms with Crippen LogP contribution in [0.1, 0.15) is 19.0 Å². The summed E-state index contributed by atoms with van der Waals surface area (Å²) in [6.07, 6.45) is -3.40. The van der Waals surface area contributed by atoms with Gasteiger partial charge in [-0.3, -0.25) is 0 Å². The highest BCUT2D eigenvalue weighted by atomic mass is 19.4. The third-order valence-electron chi connectivity index (χ3n) is 2.39. The van der Waals surface area contributed by atoms with Crippen molar-refractivity contribution in [1.82, 2.24) is 9.97 Å². The van der Waals surface area contributed by atoms with Gasteiger partial charge in [-0.2, -0.15) is 13.2 Å². The molecule has 1 atom stereocenters. The highest BCUT2D eigenvalue weighted by molar-refractivity contribution is 5.77. The van der Waals surface area contributed by atoms with Gasteiger partial charge in [0.25, 0.3) is 0 Å². The lowest BCUT2D eigenvalue weighted by molar-refractivity contribution is -0.141. The molecule has 0 bridgehead atoms. The minimum atomic E-state index is -4.58. The van der Waals surface area contributed by atoms with Gasteiger partial charge < -0.3 is 10.0 Å². The Balaban J connectivity index is 3.06. The second kappa shape index (κ2) is 5.19. The fourth-order valence-corrected chi connectivity index (χ4v) is 1.43. The summed E-state index contributed by atoms with van der Waals surface area (Å²) in [5.74, 6) is -1.40. The number of rotatable bonds is 4. The van der Waals surface area contributed by atoms with Gasteiger partial charge in [0.15, 0.2) is 0 Å². The first-order chi connectivity index (χ1) is 8.27. The lowest BCUT2D eigenvalue weighted by Gasteiger charge is -2.23. The van der Waals surface area contributed by atoms with Crippen molar-refractivity contribution in [3.63, 3.8) is 0 Å². The molecule has 8 heteroatoms. The summed E-state index contributed by atoms with van der Waals surface area (Å²) in [5, 5.41) is 8.91. The molecule has 1 N–H and O–H groups in total. The predicted octanol–water partition coefficient (Wildman–Crippen LogP) is 1.79. The molecular formula is C10H12F3N3O2. The molecule has 0 radical (unpaired) electrons. The number of hydrogen-bond acceptors (Lipinski definition) is 4. The van der Waals surface area contributed by atoms with Crippen molar-refractivity contribution < 1.29 is 23.1 Å². The quantitative estimate of drug-likeness (QED) is 0.897. The molecule has 0 fully saturated rings. The Morgan fingerprint density at radius 2 is 2.17 bits per heavy atom. The Kier molecular flexibility index (Phi) is 4.10. The van der Waals surface area contributed by atoms with Gasteiger partial charge in [-0.05, 0) is 12.5 Å². The SMILES string of the molecule is CCC(C(=O)O)N(C)c1nccc(C(F)(F)F)n1. The van der Waals surface area contributed by atoms with Crippen LogP contribution in [-0.4, -0.2) is 34.1 Å². The molecule has 1 aromatic rings. The van der Waals surface area contributed by atoms with Crippen molar-refractivity contribution in [2.45, 2.75) is 25.6 Å². The zero-order chi connectivity index (χ0) is 13.9. The van der Waals surface area contributed by atoms with E-state index < -0.39 is 23.9 Å². The largest absolute Gasteiger partial charge is 0.480 e. The van der Waals surface area contributed by atoms with E-state index in [4.69, 9.17) is 5.11 Å². The Hall–Kier alpha value is -1.86. The van der Waals surface area contributed by atoms with E-state index in [1.54, 1.807) is 6.92 Å². The molecule has 0 aromatic carbocycles. The van der Waals surface area contributed by atoms with Crippen LogP contribution < -0.4 is 4.90 Å². The van der Waals surface area contributed by atoms with Crippen LogP contribution >= 0.6 is 0 Å². The van der Waals surface area contributed by atoms with Crippen LogP contribution in [0.2, 0.25) is 0 Å². The van der Waals surface area contributed by atoms with Gasteiger partial charge in [-0.15, -0.1) is 0 Å². The van der Waals surface area contributed by atoms with Gasteiger partial charge in [-0.25, -0.2) is 14.8 Å². The maximum absolute atomic E-state index is 12.4. The van der Waals surface area contributed by atoms with Gasteiger partial charge in [0.05, 0.1) is 0 Å². The van der Waals surface area contributed by atoms with Gasteiger partial charge in [0, 0.05) is 13.2 Å². The first kappa shape index (κ1) is 14.2. The average Bonchev–Trinajstić information content (AvgIpc) is 2.28. The molecule has 18 heavy (non-hydrogen) atoms. The number of carboxylic acid groups (broad SMARTS) is 1. The van der Waals surface area contributed by atoms with E-state index in [2.05, 4.69) is 9.97 Å². The van der Waals surface area contributed by atoms with E-state index >= 15 is 0 Å². The van der Waals surface area contributed by atoms with Crippen LogP contribution in [0.4, 0.5) is 19.1 Å². The predicted molar refractivity (Wildman–Crippen MR) is 57.2 cm³/mol. The standard InChI is InChI=1S/C10H12F3N3O2/c1-3-6(8(17)18)16(2)9-14-5-4-7(15-9)10(11,12)13/h4-6H,3H2,1-2H3,(H,17,18). The number of carboxylic acids is 1. The van der Waals surface area contributed by atoms with Crippen LogP contribution in [0.15, 0.2) is 12.3 Å². The van der Waals surface area contributed by atoms with Gasteiger partial charge >= 0.3 is 12.1 Å². The zero-order valence-electron chi connectivity index (χ0n) is 9.77. The summed E-state index contributed by atoms with van der Waals surface area (Å²) in [6, 6.07) is -0.229. The molecule has 1 heterocycles. The Morgan fingerprint density at radius 3 is 2.61 bits per heavy atom. The number of hydrogen-bond donors (Lipinski definition) is 1. The van der Waals surface area contributed by atoms with E-state index in [9.17, 15) is 18.0 Å². The molecule has 1 unspecified atom stereocenters. The van der Waals surface area contributed by atoms with E-state index in [-0.39, 0.29) is 12.4 Å². The summed E-state index contributed by atoms with van der Waals surface area (Å²) >= 11 is 0. The molecule has 0 aliphatic carbocycles.